The lowest BCUT2D eigenvalue weighted by atomic mass is 9.88. The van der Waals surface area contributed by atoms with Gasteiger partial charge in [0.05, 0.1) is 0 Å². The fraction of sp³-hybridized carbons (Fsp3) is 0.600. The summed E-state index contributed by atoms with van der Waals surface area (Å²) in [6.45, 7) is 8.18. The van der Waals surface area contributed by atoms with E-state index in [1.165, 1.54) is 37.2 Å². The molecule has 2 aliphatic rings. The van der Waals surface area contributed by atoms with Crippen LogP contribution in [0.1, 0.15) is 24.5 Å². The number of hydrogen-bond acceptors (Lipinski definition) is 2. The molecule has 1 atom stereocenters. The van der Waals surface area contributed by atoms with Gasteiger partial charge in [-0.25, -0.2) is 0 Å². The molecule has 2 nitrogen and oxygen atoms in total. The molecule has 0 spiro atoms. The van der Waals surface area contributed by atoms with Crippen LogP contribution in [0, 0.1) is 5.41 Å². The minimum Gasteiger partial charge on any atom is -0.316 e. The SMILES string of the molecule is CC1(CN2CCc3ccc(Cl)cc3C2)CCNC1.Cl. The quantitative estimate of drug-likeness (QED) is 0.903. The van der Waals surface area contributed by atoms with Crippen LogP contribution in [0.15, 0.2) is 18.2 Å². The first-order valence-electron chi connectivity index (χ1n) is 6.85. The fourth-order valence-electron chi connectivity index (χ4n) is 3.26. The molecule has 1 saturated heterocycles. The van der Waals surface area contributed by atoms with E-state index in [9.17, 15) is 0 Å². The number of fused-ring (bicyclic) bond motifs is 1. The van der Waals surface area contributed by atoms with E-state index in [-0.39, 0.29) is 12.4 Å². The van der Waals surface area contributed by atoms with E-state index in [4.69, 9.17) is 11.6 Å². The minimum atomic E-state index is 0. The van der Waals surface area contributed by atoms with Crippen molar-refractivity contribution in [2.75, 3.05) is 26.2 Å². The standard InChI is InChI=1S/C15H21ClN2.ClH/c1-15(5-6-17-10-15)11-18-7-4-12-2-3-14(16)8-13(12)9-18;/h2-3,8,17H,4-7,9-11H2,1H3;1H. The minimum absolute atomic E-state index is 0. The van der Waals surface area contributed by atoms with Crippen LogP contribution in [0.3, 0.4) is 0 Å². The Hall–Kier alpha value is -0.280. The molecular weight excluding hydrogens is 279 g/mol. The van der Waals surface area contributed by atoms with Crippen molar-refractivity contribution in [3.05, 3.63) is 34.3 Å². The van der Waals surface area contributed by atoms with E-state index < -0.39 is 0 Å². The predicted octanol–water partition coefficient (Wildman–Crippen LogP) is 3.12. The zero-order chi connectivity index (χ0) is 12.6. The molecule has 1 fully saturated rings. The Morgan fingerprint density at radius 2 is 2.21 bits per heavy atom. The highest BCUT2D eigenvalue weighted by atomic mass is 35.5. The third kappa shape index (κ3) is 3.43. The topological polar surface area (TPSA) is 15.3 Å². The number of rotatable bonds is 2. The average molecular weight is 301 g/mol. The van der Waals surface area contributed by atoms with Crippen molar-refractivity contribution < 1.29 is 0 Å². The Morgan fingerprint density at radius 1 is 1.37 bits per heavy atom. The largest absolute Gasteiger partial charge is 0.316 e. The van der Waals surface area contributed by atoms with Gasteiger partial charge in [0.15, 0.2) is 0 Å². The normalized spacial score (nSPS) is 26.8. The van der Waals surface area contributed by atoms with Crippen molar-refractivity contribution in [3.63, 3.8) is 0 Å². The maximum absolute atomic E-state index is 6.09. The highest BCUT2D eigenvalue weighted by Gasteiger charge is 2.31. The van der Waals surface area contributed by atoms with E-state index >= 15 is 0 Å². The molecule has 1 unspecified atom stereocenters. The Bertz CT molecular complexity index is 442. The molecule has 1 aromatic rings. The van der Waals surface area contributed by atoms with Crippen LogP contribution in [-0.2, 0) is 13.0 Å². The number of nitrogens with zero attached hydrogens (tertiary/aromatic N) is 1. The van der Waals surface area contributed by atoms with E-state index in [1.54, 1.807) is 0 Å². The maximum atomic E-state index is 6.09. The smallest absolute Gasteiger partial charge is 0.0409 e. The van der Waals surface area contributed by atoms with Crippen LogP contribution in [0.4, 0.5) is 0 Å². The Labute approximate surface area is 126 Å². The van der Waals surface area contributed by atoms with Gasteiger partial charge in [-0.05, 0) is 48.1 Å². The lowest BCUT2D eigenvalue weighted by Crippen LogP contribution is -2.40. The second-order valence-electron chi connectivity index (χ2n) is 6.11. The first kappa shape index (κ1) is 15.1. The van der Waals surface area contributed by atoms with E-state index in [1.807, 2.05) is 6.07 Å². The number of nitrogens with one attached hydrogen (secondary N) is 1. The van der Waals surface area contributed by atoms with Crippen molar-refractivity contribution in [2.24, 2.45) is 5.41 Å². The summed E-state index contributed by atoms with van der Waals surface area (Å²) < 4.78 is 0. The second kappa shape index (κ2) is 6.01. The molecule has 1 N–H and O–H groups in total. The zero-order valence-corrected chi connectivity index (χ0v) is 13.0. The van der Waals surface area contributed by atoms with Crippen molar-refractivity contribution in [1.82, 2.24) is 10.2 Å². The highest BCUT2D eigenvalue weighted by molar-refractivity contribution is 6.30. The molecule has 3 rings (SSSR count). The van der Waals surface area contributed by atoms with Gasteiger partial charge in [-0.1, -0.05) is 24.6 Å². The van der Waals surface area contributed by atoms with Gasteiger partial charge in [0.25, 0.3) is 0 Å². The summed E-state index contributed by atoms with van der Waals surface area (Å²) in [4.78, 5) is 2.59. The Morgan fingerprint density at radius 3 is 2.95 bits per heavy atom. The molecule has 0 amide bonds. The van der Waals surface area contributed by atoms with Crippen LogP contribution in [0.2, 0.25) is 5.02 Å². The molecule has 0 radical (unpaired) electrons. The maximum Gasteiger partial charge on any atom is 0.0409 e. The average Bonchev–Trinajstić information content (AvgIpc) is 2.75. The van der Waals surface area contributed by atoms with Gasteiger partial charge in [-0.2, -0.15) is 0 Å². The molecule has 0 aromatic heterocycles. The molecule has 0 bridgehead atoms. The Balaban J connectivity index is 0.00000133. The predicted molar refractivity (Wildman–Crippen MR) is 83.3 cm³/mol. The van der Waals surface area contributed by atoms with E-state index in [2.05, 4.69) is 29.3 Å². The van der Waals surface area contributed by atoms with Crippen LogP contribution in [-0.4, -0.2) is 31.1 Å². The summed E-state index contributed by atoms with van der Waals surface area (Å²) in [6.07, 6.45) is 2.46. The lowest BCUT2D eigenvalue weighted by Gasteiger charge is -2.35. The van der Waals surface area contributed by atoms with Crippen molar-refractivity contribution in [3.8, 4) is 0 Å². The van der Waals surface area contributed by atoms with Crippen molar-refractivity contribution in [2.45, 2.75) is 26.3 Å². The number of halogens is 2. The Kier molecular flexibility index (Phi) is 4.78. The number of hydrogen-bond donors (Lipinski definition) is 1. The zero-order valence-electron chi connectivity index (χ0n) is 11.4. The third-order valence-electron chi connectivity index (χ3n) is 4.32. The molecule has 0 aliphatic carbocycles. The summed E-state index contributed by atoms with van der Waals surface area (Å²) in [5, 5.41) is 4.35. The second-order valence-corrected chi connectivity index (χ2v) is 6.55. The van der Waals surface area contributed by atoms with Crippen LogP contribution in [0.25, 0.3) is 0 Å². The van der Waals surface area contributed by atoms with Gasteiger partial charge < -0.3 is 5.32 Å². The fourth-order valence-corrected chi connectivity index (χ4v) is 3.46. The molecular formula is C15H22Cl2N2. The summed E-state index contributed by atoms with van der Waals surface area (Å²) in [6, 6.07) is 6.34. The third-order valence-corrected chi connectivity index (χ3v) is 4.56. The van der Waals surface area contributed by atoms with Gasteiger partial charge in [-0.15, -0.1) is 12.4 Å². The van der Waals surface area contributed by atoms with Gasteiger partial charge >= 0.3 is 0 Å². The highest BCUT2D eigenvalue weighted by Crippen LogP contribution is 2.29. The van der Waals surface area contributed by atoms with Crippen LogP contribution < -0.4 is 5.32 Å². The monoisotopic (exact) mass is 300 g/mol. The van der Waals surface area contributed by atoms with Crippen molar-refractivity contribution in [1.29, 1.82) is 0 Å². The summed E-state index contributed by atoms with van der Waals surface area (Å²) in [5.41, 5.74) is 3.35. The first-order valence-corrected chi connectivity index (χ1v) is 7.23. The van der Waals surface area contributed by atoms with E-state index in [0.29, 0.717) is 5.41 Å². The summed E-state index contributed by atoms with van der Waals surface area (Å²) >= 11 is 6.09. The van der Waals surface area contributed by atoms with Gasteiger partial charge in [-0.3, -0.25) is 4.90 Å². The molecule has 2 aliphatic heterocycles. The molecule has 2 heterocycles. The molecule has 106 valence electrons. The molecule has 0 saturated carbocycles. The van der Waals surface area contributed by atoms with E-state index in [0.717, 1.165) is 24.5 Å². The molecule has 19 heavy (non-hydrogen) atoms. The summed E-state index contributed by atoms with van der Waals surface area (Å²) in [5.74, 6) is 0. The number of benzene rings is 1. The van der Waals surface area contributed by atoms with Gasteiger partial charge in [0, 0.05) is 31.2 Å². The molecule has 4 heteroatoms. The summed E-state index contributed by atoms with van der Waals surface area (Å²) in [7, 11) is 0. The van der Waals surface area contributed by atoms with Crippen molar-refractivity contribution >= 4 is 24.0 Å². The first-order chi connectivity index (χ1) is 8.65. The van der Waals surface area contributed by atoms with Gasteiger partial charge in [0.1, 0.15) is 0 Å². The van der Waals surface area contributed by atoms with Crippen LogP contribution in [0.5, 0.6) is 0 Å². The van der Waals surface area contributed by atoms with Crippen LogP contribution >= 0.6 is 24.0 Å². The molecule has 1 aromatic carbocycles. The van der Waals surface area contributed by atoms with Gasteiger partial charge in [0.2, 0.25) is 0 Å². The lowest BCUT2D eigenvalue weighted by molar-refractivity contribution is 0.164.